The van der Waals surface area contributed by atoms with E-state index >= 15 is 0 Å². The van der Waals surface area contributed by atoms with E-state index in [1.165, 1.54) is 4.68 Å². The number of rotatable bonds is 4. The van der Waals surface area contributed by atoms with Gasteiger partial charge in [0.15, 0.2) is 5.82 Å². The SMILES string of the molecule is CNS(=N)c1ccc(-n2[nH]c(C)c(-c3ccc(C#N)cc3)c2=O)nc1. The Morgan fingerprint density at radius 1 is 1.28 bits per heavy atom. The van der Waals surface area contributed by atoms with Crippen molar-refractivity contribution in [3.8, 4) is 23.0 Å². The van der Waals surface area contributed by atoms with E-state index in [4.69, 9.17) is 10.0 Å². The van der Waals surface area contributed by atoms with E-state index in [-0.39, 0.29) is 5.56 Å². The van der Waals surface area contributed by atoms with Gasteiger partial charge in [0.2, 0.25) is 0 Å². The summed E-state index contributed by atoms with van der Waals surface area (Å²) in [7, 11) is 0.886. The smallest absolute Gasteiger partial charge is 0.280 e. The zero-order chi connectivity index (χ0) is 18.0. The minimum absolute atomic E-state index is 0.207. The summed E-state index contributed by atoms with van der Waals surface area (Å²) in [6, 6.07) is 12.4. The van der Waals surface area contributed by atoms with Crippen molar-refractivity contribution < 1.29 is 0 Å². The lowest BCUT2D eigenvalue weighted by atomic mass is 10.1. The van der Waals surface area contributed by atoms with Crippen LogP contribution in [0.4, 0.5) is 0 Å². The number of pyridine rings is 1. The molecule has 7 nitrogen and oxygen atoms in total. The summed E-state index contributed by atoms with van der Waals surface area (Å²) in [5, 5.41) is 11.9. The molecule has 3 N–H and O–H groups in total. The molecule has 0 radical (unpaired) electrons. The Morgan fingerprint density at radius 3 is 2.56 bits per heavy atom. The number of hydrogen-bond donors (Lipinski definition) is 3. The fourth-order valence-electron chi connectivity index (χ4n) is 2.50. The number of H-pyrrole nitrogens is 1. The van der Waals surface area contributed by atoms with Crippen molar-refractivity contribution in [2.24, 2.45) is 0 Å². The Kier molecular flexibility index (Phi) is 4.61. The Hall–Kier alpha value is -3.02. The summed E-state index contributed by atoms with van der Waals surface area (Å²) >= 11 is 0. The van der Waals surface area contributed by atoms with Gasteiger partial charge in [0, 0.05) is 11.9 Å². The maximum atomic E-state index is 12.8. The van der Waals surface area contributed by atoms with E-state index in [0.717, 1.165) is 16.2 Å². The average Bonchev–Trinajstić information content (AvgIpc) is 2.95. The molecule has 1 atom stereocenters. The first-order valence-corrected chi connectivity index (χ1v) is 8.69. The molecule has 1 unspecified atom stereocenters. The second-order valence-electron chi connectivity index (χ2n) is 5.30. The molecule has 0 aliphatic carbocycles. The van der Waals surface area contributed by atoms with Crippen molar-refractivity contribution in [3.05, 3.63) is 64.2 Å². The van der Waals surface area contributed by atoms with Crippen LogP contribution in [0.1, 0.15) is 11.3 Å². The molecule has 2 heterocycles. The molecule has 0 amide bonds. The van der Waals surface area contributed by atoms with Crippen LogP contribution >= 0.6 is 0 Å². The van der Waals surface area contributed by atoms with E-state index in [9.17, 15) is 4.79 Å². The van der Waals surface area contributed by atoms with E-state index in [2.05, 4.69) is 20.9 Å². The highest BCUT2D eigenvalue weighted by atomic mass is 32.2. The molecule has 3 aromatic rings. The van der Waals surface area contributed by atoms with Crippen molar-refractivity contribution in [3.63, 3.8) is 0 Å². The van der Waals surface area contributed by atoms with Crippen LogP contribution in [-0.2, 0) is 10.9 Å². The van der Waals surface area contributed by atoms with Crippen molar-refractivity contribution in [2.75, 3.05) is 7.05 Å². The highest BCUT2D eigenvalue weighted by Gasteiger charge is 2.15. The molecule has 2 aromatic heterocycles. The predicted octanol–water partition coefficient (Wildman–Crippen LogP) is 2.28. The summed E-state index contributed by atoms with van der Waals surface area (Å²) in [5.41, 5.74) is 2.35. The number of aromatic nitrogens is 3. The highest BCUT2D eigenvalue weighted by Crippen LogP contribution is 2.20. The summed E-state index contributed by atoms with van der Waals surface area (Å²) in [6.07, 6.45) is 1.59. The highest BCUT2D eigenvalue weighted by molar-refractivity contribution is 7.84. The Morgan fingerprint density at radius 2 is 2.00 bits per heavy atom. The lowest BCUT2D eigenvalue weighted by Gasteiger charge is -2.04. The predicted molar refractivity (Wildman–Crippen MR) is 96.5 cm³/mol. The van der Waals surface area contributed by atoms with Crippen molar-refractivity contribution in [1.29, 1.82) is 10.0 Å². The van der Waals surface area contributed by atoms with Crippen LogP contribution in [-0.4, -0.2) is 21.8 Å². The molecule has 25 heavy (non-hydrogen) atoms. The molecule has 0 spiro atoms. The monoisotopic (exact) mass is 352 g/mol. The molecule has 3 rings (SSSR count). The number of aromatic amines is 1. The summed E-state index contributed by atoms with van der Waals surface area (Å²) in [6.45, 7) is 1.82. The van der Waals surface area contributed by atoms with Crippen LogP contribution < -0.4 is 10.3 Å². The van der Waals surface area contributed by atoms with Crippen LogP contribution in [0.15, 0.2) is 52.3 Å². The quantitative estimate of drug-likeness (QED) is 0.669. The van der Waals surface area contributed by atoms with E-state index in [0.29, 0.717) is 16.9 Å². The van der Waals surface area contributed by atoms with Gasteiger partial charge in [0.1, 0.15) is 0 Å². The van der Waals surface area contributed by atoms with Gasteiger partial charge in [0.05, 0.1) is 22.1 Å². The van der Waals surface area contributed by atoms with Gasteiger partial charge in [-0.2, -0.15) is 5.26 Å². The molecule has 0 aliphatic rings. The average molecular weight is 352 g/mol. The third-order valence-corrected chi connectivity index (χ3v) is 4.88. The second kappa shape index (κ2) is 6.84. The Bertz CT molecular complexity index is 1020. The van der Waals surface area contributed by atoms with E-state index in [1.54, 1.807) is 49.6 Å². The molecule has 0 fully saturated rings. The first kappa shape index (κ1) is 16.8. The maximum Gasteiger partial charge on any atom is 0.280 e. The van der Waals surface area contributed by atoms with Crippen molar-refractivity contribution in [1.82, 2.24) is 19.5 Å². The van der Waals surface area contributed by atoms with Gasteiger partial charge < -0.3 is 0 Å². The van der Waals surface area contributed by atoms with E-state index in [1.807, 2.05) is 6.92 Å². The lowest BCUT2D eigenvalue weighted by molar-refractivity contribution is 0.804. The van der Waals surface area contributed by atoms with Gasteiger partial charge in [-0.05, 0) is 54.7 Å². The van der Waals surface area contributed by atoms with Gasteiger partial charge >= 0.3 is 0 Å². The van der Waals surface area contributed by atoms with Crippen LogP contribution in [0.5, 0.6) is 0 Å². The zero-order valence-electron chi connectivity index (χ0n) is 13.7. The molecule has 0 bridgehead atoms. The lowest BCUT2D eigenvalue weighted by Crippen LogP contribution is -2.17. The van der Waals surface area contributed by atoms with Gasteiger partial charge in [-0.3, -0.25) is 19.4 Å². The van der Waals surface area contributed by atoms with E-state index < -0.39 is 10.9 Å². The number of benzene rings is 1. The van der Waals surface area contributed by atoms with Crippen molar-refractivity contribution in [2.45, 2.75) is 11.8 Å². The first-order chi connectivity index (χ1) is 12.0. The summed E-state index contributed by atoms with van der Waals surface area (Å²) in [5.74, 6) is 0.463. The number of hydrogen-bond acceptors (Lipinski definition) is 4. The van der Waals surface area contributed by atoms with Crippen LogP contribution in [0, 0.1) is 23.0 Å². The molecule has 8 heteroatoms. The molecule has 0 saturated heterocycles. The number of aryl methyl sites for hydroxylation is 1. The minimum atomic E-state index is -0.829. The summed E-state index contributed by atoms with van der Waals surface area (Å²) in [4.78, 5) is 17.8. The molecule has 0 aliphatic heterocycles. The fourth-order valence-corrected chi connectivity index (χ4v) is 3.10. The first-order valence-electron chi connectivity index (χ1n) is 7.46. The maximum absolute atomic E-state index is 12.8. The van der Waals surface area contributed by atoms with Gasteiger partial charge in [-0.25, -0.2) is 9.67 Å². The number of nitriles is 1. The molecular formula is C17H16N6OS. The fraction of sp³-hybridized carbons (Fsp3) is 0.118. The van der Waals surface area contributed by atoms with Gasteiger partial charge in [-0.1, -0.05) is 12.1 Å². The topological polar surface area (TPSA) is 110 Å². The largest absolute Gasteiger partial charge is 0.293 e. The minimum Gasteiger partial charge on any atom is -0.293 e. The van der Waals surface area contributed by atoms with Crippen LogP contribution in [0.3, 0.4) is 0 Å². The molecule has 126 valence electrons. The molecule has 0 saturated carbocycles. The third-order valence-electron chi connectivity index (χ3n) is 3.76. The molecule has 1 aromatic carbocycles. The third kappa shape index (κ3) is 3.15. The van der Waals surface area contributed by atoms with Gasteiger partial charge in [0.25, 0.3) is 5.56 Å². The summed E-state index contributed by atoms with van der Waals surface area (Å²) < 4.78 is 12.1. The van der Waals surface area contributed by atoms with Crippen LogP contribution in [0.2, 0.25) is 0 Å². The second-order valence-corrected chi connectivity index (χ2v) is 6.80. The van der Waals surface area contributed by atoms with Crippen molar-refractivity contribution >= 4 is 10.9 Å². The normalized spacial score (nSPS) is 11.9. The Balaban J connectivity index is 2.03. The molecular weight excluding hydrogens is 336 g/mol. The zero-order valence-corrected chi connectivity index (χ0v) is 14.5. The Labute approximate surface area is 147 Å². The van der Waals surface area contributed by atoms with Crippen LogP contribution in [0.25, 0.3) is 16.9 Å². The van der Waals surface area contributed by atoms with Gasteiger partial charge in [-0.15, -0.1) is 0 Å². The number of nitrogens with one attached hydrogen (secondary N) is 3. The number of nitrogens with zero attached hydrogens (tertiary/aromatic N) is 3. The standard InChI is InChI=1S/C17H16N6OS/c1-11-16(13-5-3-12(9-18)4-6-13)17(24)23(22-11)15-8-7-14(10-21-15)25(19)20-2/h3-8,10,22H,1-2H3,(H2,19,20).